The van der Waals surface area contributed by atoms with Crippen molar-refractivity contribution in [1.29, 1.82) is 0 Å². The first-order valence-corrected chi connectivity index (χ1v) is 9.40. The van der Waals surface area contributed by atoms with Crippen LogP contribution in [0.5, 0.6) is 0 Å². The Morgan fingerprint density at radius 1 is 1.12 bits per heavy atom. The largest absolute Gasteiger partial charge is 0.360 e. The summed E-state index contributed by atoms with van der Waals surface area (Å²) in [7, 11) is 0. The minimum Gasteiger partial charge on any atom is -0.360 e. The van der Waals surface area contributed by atoms with Crippen molar-refractivity contribution in [3.05, 3.63) is 75.0 Å². The third-order valence-electron chi connectivity index (χ3n) is 4.77. The van der Waals surface area contributed by atoms with Gasteiger partial charge in [-0.05, 0) is 52.3 Å². The van der Waals surface area contributed by atoms with Crippen molar-refractivity contribution in [3.63, 3.8) is 0 Å². The fourth-order valence-corrected chi connectivity index (χ4v) is 3.72. The van der Waals surface area contributed by atoms with E-state index >= 15 is 0 Å². The van der Waals surface area contributed by atoms with Crippen molar-refractivity contribution in [2.45, 2.75) is 6.54 Å². The molecule has 0 spiro atoms. The van der Waals surface area contributed by atoms with Crippen molar-refractivity contribution in [1.82, 2.24) is 9.38 Å². The number of piperazine rings is 1. The summed E-state index contributed by atoms with van der Waals surface area (Å²) in [4.78, 5) is 20.6. The molecule has 0 aliphatic carbocycles. The predicted octanol–water partition coefficient (Wildman–Crippen LogP) is 1.50. The molecule has 3 heterocycles. The van der Waals surface area contributed by atoms with Crippen LogP contribution in [0.2, 0.25) is 0 Å². The normalized spacial score (nSPS) is 15.5. The highest BCUT2D eigenvalue weighted by atomic mass is 79.9. The zero-order chi connectivity index (χ0) is 18.1. The van der Waals surface area contributed by atoms with Crippen LogP contribution < -0.4 is 15.4 Å². The van der Waals surface area contributed by atoms with Crippen molar-refractivity contribution < 1.29 is 9.29 Å². The molecule has 1 N–H and O–H groups in total. The van der Waals surface area contributed by atoms with Crippen LogP contribution in [0.3, 0.4) is 0 Å². The van der Waals surface area contributed by atoms with Gasteiger partial charge in [0.1, 0.15) is 23.7 Å². The number of pyridine rings is 1. The molecular formula is C19H19BrFN4O+. The highest BCUT2D eigenvalue weighted by molar-refractivity contribution is 9.10. The minimum absolute atomic E-state index is 0.0596. The summed E-state index contributed by atoms with van der Waals surface area (Å²) in [6, 6.07) is 12.0. The summed E-state index contributed by atoms with van der Waals surface area (Å²) in [5.74, 6) is -0.210. The molecule has 134 valence electrons. The van der Waals surface area contributed by atoms with Crippen LogP contribution in [0.25, 0.3) is 5.65 Å². The van der Waals surface area contributed by atoms with Crippen LogP contribution in [0.15, 0.2) is 57.9 Å². The number of hydrogen-bond donors (Lipinski definition) is 1. The number of halogens is 2. The summed E-state index contributed by atoms with van der Waals surface area (Å²) >= 11 is 3.38. The van der Waals surface area contributed by atoms with E-state index in [0.29, 0.717) is 5.65 Å². The third-order valence-corrected chi connectivity index (χ3v) is 5.24. The summed E-state index contributed by atoms with van der Waals surface area (Å²) in [6.45, 7) is 4.46. The molecule has 0 unspecified atom stereocenters. The quantitative estimate of drug-likeness (QED) is 0.701. The first-order valence-electron chi connectivity index (χ1n) is 8.60. The average Bonchev–Trinajstić information content (AvgIpc) is 2.64. The minimum atomic E-state index is -0.210. The van der Waals surface area contributed by atoms with Gasteiger partial charge in [0, 0.05) is 22.4 Å². The Labute approximate surface area is 158 Å². The summed E-state index contributed by atoms with van der Waals surface area (Å²) in [5, 5.41) is 0. The Hall–Kier alpha value is -2.25. The Morgan fingerprint density at radius 2 is 1.85 bits per heavy atom. The van der Waals surface area contributed by atoms with Gasteiger partial charge in [0.2, 0.25) is 0 Å². The standard InChI is InChI=1S/C19H18BrFN4O/c20-14-1-6-18-22-16(11-19(26)25(18)12-14)13-23-7-9-24(10-8-23)17-4-2-15(21)3-5-17/h1-6,11-12H,7-10,13H2/p+1. The van der Waals surface area contributed by atoms with Crippen LogP contribution >= 0.6 is 15.9 Å². The summed E-state index contributed by atoms with van der Waals surface area (Å²) < 4.78 is 15.5. The van der Waals surface area contributed by atoms with Gasteiger partial charge in [-0.15, -0.1) is 0 Å². The van der Waals surface area contributed by atoms with Gasteiger partial charge in [-0.3, -0.25) is 9.20 Å². The summed E-state index contributed by atoms with van der Waals surface area (Å²) in [6.07, 6.45) is 1.74. The molecule has 0 atom stereocenters. The van der Waals surface area contributed by atoms with E-state index in [1.54, 1.807) is 16.7 Å². The van der Waals surface area contributed by atoms with E-state index in [0.717, 1.165) is 48.6 Å². The second-order valence-electron chi connectivity index (χ2n) is 6.55. The number of hydrogen-bond acceptors (Lipinski definition) is 3. The van der Waals surface area contributed by atoms with Crippen molar-refractivity contribution >= 4 is 27.3 Å². The molecule has 3 aromatic rings. The van der Waals surface area contributed by atoms with Gasteiger partial charge in [-0.2, -0.15) is 0 Å². The van der Waals surface area contributed by atoms with Gasteiger partial charge in [-0.25, -0.2) is 9.37 Å². The molecule has 2 aromatic heterocycles. The molecule has 0 amide bonds. The van der Waals surface area contributed by atoms with Gasteiger partial charge in [0.15, 0.2) is 0 Å². The van der Waals surface area contributed by atoms with E-state index in [-0.39, 0.29) is 11.4 Å². The maximum absolute atomic E-state index is 13.1. The Balaban J connectivity index is 1.44. The molecule has 0 saturated carbocycles. The smallest absolute Gasteiger partial charge is 0.258 e. The van der Waals surface area contributed by atoms with Crippen LogP contribution in [-0.4, -0.2) is 35.6 Å². The molecule has 1 aliphatic heterocycles. The third kappa shape index (κ3) is 3.64. The second-order valence-corrected chi connectivity index (χ2v) is 7.47. The lowest BCUT2D eigenvalue weighted by molar-refractivity contribution is -0.914. The second kappa shape index (κ2) is 7.17. The van der Waals surface area contributed by atoms with Gasteiger partial charge in [0.05, 0.1) is 26.2 Å². The van der Waals surface area contributed by atoms with Crippen LogP contribution in [0.4, 0.5) is 10.1 Å². The molecule has 1 saturated heterocycles. The molecule has 5 nitrogen and oxygen atoms in total. The number of benzene rings is 1. The Kier molecular flexibility index (Phi) is 4.74. The number of rotatable bonds is 3. The lowest BCUT2D eigenvalue weighted by Crippen LogP contribution is -3.13. The molecule has 0 radical (unpaired) electrons. The predicted molar refractivity (Wildman–Crippen MR) is 102 cm³/mol. The number of aromatic nitrogens is 2. The lowest BCUT2D eigenvalue weighted by atomic mass is 10.2. The molecule has 0 bridgehead atoms. The topological polar surface area (TPSA) is 42.0 Å². The SMILES string of the molecule is O=c1cc(C[NH+]2CCN(c3ccc(F)cc3)CC2)nc2ccc(Br)cn12. The van der Waals surface area contributed by atoms with E-state index in [2.05, 4.69) is 25.8 Å². The number of nitrogens with zero attached hydrogens (tertiary/aromatic N) is 3. The highest BCUT2D eigenvalue weighted by Gasteiger charge is 2.21. The van der Waals surface area contributed by atoms with Crippen molar-refractivity contribution in [3.8, 4) is 0 Å². The number of quaternary nitrogens is 1. The number of anilines is 1. The van der Waals surface area contributed by atoms with E-state index in [1.807, 2.05) is 24.3 Å². The molecule has 1 aromatic carbocycles. The number of nitrogens with one attached hydrogen (secondary N) is 1. The van der Waals surface area contributed by atoms with Crippen molar-refractivity contribution in [2.75, 3.05) is 31.1 Å². The zero-order valence-electron chi connectivity index (χ0n) is 14.2. The fraction of sp³-hybridized carbons (Fsp3) is 0.263. The first-order chi connectivity index (χ1) is 12.6. The molecule has 1 aliphatic rings. The average molecular weight is 418 g/mol. The highest BCUT2D eigenvalue weighted by Crippen LogP contribution is 2.14. The monoisotopic (exact) mass is 417 g/mol. The maximum atomic E-state index is 13.1. The zero-order valence-corrected chi connectivity index (χ0v) is 15.7. The molecule has 26 heavy (non-hydrogen) atoms. The van der Waals surface area contributed by atoms with E-state index in [1.165, 1.54) is 17.0 Å². The van der Waals surface area contributed by atoms with Crippen molar-refractivity contribution in [2.24, 2.45) is 0 Å². The lowest BCUT2D eigenvalue weighted by Gasteiger charge is -2.33. The van der Waals surface area contributed by atoms with Gasteiger partial charge in [-0.1, -0.05) is 0 Å². The molecule has 4 rings (SSSR count). The summed E-state index contributed by atoms with van der Waals surface area (Å²) in [5.41, 5.74) is 2.48. The Morgan fingerprint density at radius 3 is 2.58 bits per heavy atom. The number of fused-ring (bicyclic) bond motifs is 1. The first kappa shape index (κ1) is 17.2. The maximum Gasteiger partial charge on any atom is 0.258 e. The van der Waals surface area contributed by atoms with Gasteiger partial charge < -0.3 is 9.80 Å². The Bertz CT molecular complexity index is 981. The molecule has 7 heteroatoms. The van der Waals surface area contributed by atoms with Gasteiger partial charge in [0.25, 0.3) is 5.56 Å². The van der Waals surface area contributed by atoms with E-state index < -0.39 is 0 Å². The molecule has 1 fully saturated rings. The van der Waals surface area contributed by atoms with E-state index in [4.69, 9.17) is 0 Å². The molecular weight excluding hydrogens is 399 g/mol. The fourth-order valence-electron chi connectivity index (χ4n) is 3.38. The van der Waals surface area contributed by atoms with Gasteiger partial charge >= 0.3 is 0 Å². The van der Waals surface area contributed by atoms with Crippen LogP contribution in [0, 0.1) is 5.82 Å². The van der Waals surface area contributed by atoms with Crippen LogP contribution in [-0.2, 0) is 6.54 Å². The van der Waals surface area contributed by atoms with Crippen LogP contribution in [0.1, 0.15) is 5.69 Å². The van der Waals surface area contributed by atoms with E-state index in [9.17, 15) is 9.18 Å².